The summed E-state index contributed by atoms with van der Waals surface area (Å²) in [4.78, 5) is 0. The number of ether oxygens (including phenoxy) is 2. The van der Waals surface area contributed by atoms with Gasteiger partial charge >= 0.3 is 0 Å². The molecule has 0 spiro atoms. The molecule has 0 bridgehead atoms. The molecule has 0 aromatic heterocycles. The maximum Gasteiger partial charge on any atom is 0.0973 e. The topological polar surface area (TPSA) is 30.5 Å². The highest BCUT2D eigenvalue weighted by atomic mass is 16.5. The molecule has 254 valence electrons. The lowest BCUT2D eigenvalue weighted by atomic mass is 10.1. The summed E-state index contributed by atoms with van der Waals surface area (Å²) in [6, 6.07) is 0. The fraction of sp³-hybridized carbons (Fsp3) is 0.900. The normalized spacial score (nSPS) is 17.3. The van der Waals surface area contributed by atoms with Gasteiger partial charge in [0.25, 0.3) is 0 Å². The van der Waals surface area contributed by atoms with Gasteiger partial charge in [0.15, 0.2) is 0 Å². The van der Waals surface area contributed by atoms with E-state index in [1.165, 1.54) is 180 Å². The highest BCUT2D eigenvalue weighted by Crippen LogP contribution is 2.15. The van der Waals surface area contributed by atoms with Crippen molar-refractivity contribution in [3.05, 3.63) is 24.3 Å². The van der Waals surface area contributed by atoms with E-state index in [0.717, 1.165) is 26.3 Å². The number of unbranched alkanes of at least 4 members (excludes halogenated alkanes) is 24. The van der Waals surface area contributed by atoms with Gasteiger partial charge in [-0.25, -0.2) is 0 Å². The van der Waals surface area contributed by atoms with Crippen molar-refractivity contribution in [2.75, 3.05) is 26.3 Å². The molecule has 3 nitrogen and oxygen atoms in total. The third-order valence-corrected chi connectivity index (χ3v) is 9.08. The van der Waals surface area contributed by atoms with E-state index < -0.39 is 0 Å². The van der Waals surface area contributed by atoms with Gasteiger partial charge < -0.3 is 14.8 Å². The molecule has 1 aliphatic heterocycles. The highest BCUT2D eigenvalue weighted by Gasteiger charge is 2.28. The Balaban J connectivity index is 1.82. The van der Waals surface area contributed by atoms with Crippen molar-refractivity contribution in [1.29, 1.82) is 0 Å². The fourth-order valence-corrected chi connectivity index (χ4v) is 6.13. The van der Waals surface area contributed by atoms with Crippen molar-refractivity contribution >= 4 is 0 Å². The van der Waals surface area contributed by atoms with Gasteiger partial charge in [0.05, 0.1) is 12.2 Å². The molecule has 0 radical (unpaired) electrons. The van der Waals surface area contributed by atoms with Gasteiger partial charge in [-0.05, 0) is 64.2 Å². The highest BCUT2D eigenvalue weighted by molar-refractivity contribution is 4.83. The quantitative estimate of drug-likeness (QED) is 0.0586. The zero-order valence-corrected chi connectivity index (χ0v) is 29.4. The molecule has 3 heteroatoms. The zero-order chi connectivity index (χ0) is 30.7. The molecular weight excluding hydrogens is 526 g/mol. The molecule has 2 unspecified atom stereocenters. The minimum absolute atomic E-state index is 0.247. The van der Waals surface area contributed by atoms with E-state index in [2.05, 4.69) is 43.5 Å². The summed E-state index contributed by atoms with van der Waals surface area (Å²) >= 11 is 0. The first-order chi connectivity index (χ1) is 21.4. The molecule has 0 aliphatic carbocycles. The van der Waals surface area contributed by atoms with Crippen LogP contribution in [0.2, 0.25) is 0 Å². The molecule has 1 N–H and O–H groups in total. The lowest BCUT2D eigenvalue weighted by molar-refractivity contribution is -0.0481. The minimum atomic E-state index is 0.247. The SMILES string of the molecule is CCCCCCCC/C=C\CCCCCCCCOC1CNCC1OCCCCCCCC/C=C\CCCCCCCC. The molecule has 0 aromatic rings. The lowest BCUT2D eigenvalue weighted by Crippen LogP contribution is -2.30. The van der Waals surface area contributed by atoms with Crippen LogP contribution in [0.1, 0.15) is 194 Å². The Morgan fingerprint density at radius 3 is 1.00 bits per heavy atom. The Bertz CT molecular complexity index is 539. The van der Waals surface area contributed by atoms with E-state index in [1.54, 1.807) is 0 Å². The number of nitrogens with one attached hydrogen (secondary N) is 1. The Labute approximate surface area is 270 Å². The van der Waals surface area contributed by atoms with Crippen LogP contribution >= 0.6 is 0 Å². The van der Waals surface area contributed by atoms with Crippen LogP contribution in [0.3, 0.4) is 0 Å². The summed E-state index contributed by atoms with van der Waals surface area (Å²) in [6.45, 7) is 8.26. The average Bonchev–Trinajstić information content (AvgIpc) is 3.47. The second-order valence-electron chi connectivity index (χ2n) is 13.4. The standard InChI is InChI=1S/C40H77NO2/c1-3-5-7-9-11-13-15-17-19-21-23-25-27-29-31-33-35-42-39-37-41-38-40(39)43-36-34-32-30-28-26-24-22-20-18-16-14-12-10-8-6-4-2/h17-20,39-41H,3-16,21-38H2,1-2H3/b19-17-,20-18-. The maximum absolute atomic E-state index is 6.22. The molecule has 0 saturated carbocycles. The molecule has 0 amide bonds. The van der Waals surface area contributed by atoms with Crippen molar-refractivity contribution in [3.8, 4) is 0 Å². The smallest absolute Gasteiger partial charge is 0.0973 e. The summed E-state index contributed by atoms with van der Waals surface area (Å²) in [6.07, 6.45) is 48.0. The van der Waals surface area contributed by atoms with Crippen molar-refractivity contribution < 1.29 is 9.47 Å². The molecule has 1 aliphatic rings. The van der Waals surface area contributed by atoms with Crippen LogP contribution in [-0.2, 0) is 9.47 Å². The van der Waals surface area contributed by atoms with E-state index in [-0.39, 0.29) is 12.2 Å². The molecule has 1 saturated heterocycles. The van der Waals surface area contributed by atoms with Crippen molar-refractivity contribution in [3.63, 3.8) is 0 Å². The van der Waals surface area contributed by atoms with Gasteiger partial charge in [0.1, 0.15) is 0 Å². The molecular formula is C40H77NO2. The second kappa shape index (κ2) is 34.2. The molecule has 43 heavy (non-hydrogen) atoms. The summed E-state index contributed by atoms with van der Waals surface area (Å²) < 4.78 is 12.4. The van der Waals surface area contributed by atoms with Gasteiger partial charge in [0.2, 0.25) is 0 Å². The van der Waals surface area contributed by atoms with Crippen LogP contribution in [-0.4, -0.2) is 38.5 Å². The number of rotatable bonds is 34. The van der Waals surface area contributed by atoms with Crippen molar-refractivity contribution in [2.45, 2.75) is 206 Å². The van der Waals surface area contributed by atoms with Gasteiger partial charge in [0, 0.05) is 26.3 Å². The third kappa shape index (κ3) is 28.6. The first-order valence-electron chi connectivity index (χ1n) is 19.6. The summed E-state index contributed by atoms with van der Waals surface area (Å²) in [7, 11) is 0. The van der Waals surface area contributed by atoms with Gasteiger partial charge in [-0.2, -0.15) is 0 Å². The average molecular weight is 604 g/mol. The number of hydrogen-bond donors (Lipinski definition) is 1. The predicted molar refractivity (Wildman–Crippen MR) is 191 cm³/mol. The lowest BCUT2D eigenvalue weighted by Gasteiger charge is -2.20. The monoisotopic (exact) mass is 604 g/mol. The Hall–Kier alpha value is -0.640. The number of allylic oxidation sites excluding steroid dienone is 4. The Kier molecular flexibility index (Phi) is 32.2. The van der Waals surface area contributed by atoms with E-state index in [4.69, 9.17) is 9.47 Å². The van der Waals surface area contributed by atoms with E-state index in [1.807, 2.05) is 0 Å². The van der Waals surface area contributed by atoms with Crippen LogP contribution in [0, 0.1) is 0 Å². The first-order valence-corrected chi connectivity index (χ1v) is 19.6. The summed E-state index contributed by atoms with van der Waals surface area (Å²) in [5.41, 5.74) is 0. The minimum Gasteiger partial charge on any atom is -0.374 e. The predicted octanol–water partition coefficient (Wildman–Crippen LogP) is 12.4. The second-order valence-corrected chi connectivity index (χ2v) is 13.4. The number of hydrogen-bond acceptors (Lipinski definition) is 3. The van der Waals surface area contributed by atoms with E-state index >= 15 is 0 Å². The Morgan fingerprint density at radius 2 is 0.674 bits per heavy atom. The van der Waals surface area contributed by atoms with Crippen molar-refractivity contribution in [2.24, 2.45) is 0 Å². The Morgan fingerprint density at radius 1 is 0.395 bits per heavy atom. The molecule has 1 fully saturated rings. The molecule has 1 heterocycles. The van der Waals surface area contributed by atoms with Gasteiger partial charge in [-0.15, -0.1) is 0 Å². The summed E-state index contributed by atoms with van der Waals surface area (Å²) in [5, 5.41) is 3.47. The van der Waals surface area contributed by atoms with Gasteiger partial charge in [-0.1, -0.05) is 154 Å². The largest absolute Gasteiger partial charge is 0.374 e. The maximum atomic E-state index is 6.22. The third-order valence-electron chi connectivity index (χ3n) is 9.08. The summed E-state index contributed by atoms with van der Waals surface area (Å²) in [5.74, 6) is 0. The van der Waals surface area contributed by atoms with E-state index in [0.29, 0.717) is 0 Å². The van der Waals surface area contributed by atoms with Gasteiger partial charge in [-0.3, -0.25) is 0 Å². The molecule has 2 atom stereocenters. The first kappa shape index (κ1) is 40.4. The fourth-order valence-electron chi connectivity index (χ4n) is 6.13. The van der Waals surface area contributed by atoms with Crippen LogP contribution in [0.4, 0.5) is 0 Å². The zero-order valence-electron chi connectivity index (χ0n) is 29.4. The van der Waals surface area contributed by atoms with Crippen LogP contribution < -0.4 is 5.32 Å². The molecule has 1 rings (SSSR count). The van der Waals surface area contributed by atoms with Crippen LogP contribution in [0.25, 0.3) is 0 Å². The van der Waals surface area contributed by atoms with Crippen molar-refractivity contribution in [1.82, 2.24) is 5.32 Å². The van der Waals surface area contributed by atoms with E-state index in [9.17, 15) is 0 Å². The van der Waals surface area contributed by atoms with Crippen LogP contribution in [0.15, 0.2) is 24.3 Å². The van der Waals surface area contributed by atoms with Crippen LogP contribution in [0.5, 0.6) is 0 Å². The molecule has 0 aromatic carbocycles.